The van der Waals surface area contributed by atoms with Crippen LogP contribution in [0.5, 0.6) is 0 Å². The summed E-state index contributed by atoms with van der Waals surface area (Å²) in [5.74, 6) is 0.0564. The number of carbonyl (C=O) groups is 2. The molecule has 1 aromatic carbocycles. The molecule has 0 radical (unpaired) electrons. The van der Waals surface area contributed by atoms with Crippen molar-refractivity contribution in [3.05, 3.63) is 29.3 Å². The average Bonchev–Trinajstić information content (AvgIpc) is 2.54. The second kappa shape index (κ2) is 8.60. The van der Waals surface area contributed by atoms with Gasteiger partial charge in [0.05, 0.1) is 13.2 Å². The van der Waals surface area contributed by atoms with Crippen molar-refractivity contribution < 1.29 is 14.3 Å². The second-order valence-corrected chi connectivity index (χ2v) is 5.64. The number of carbonyl (C=O) groups excluding carboxylic acids is 2. The molecule has 22 heavy (non-hydrogen) atoms. The minimum Gasteiger partial charge on any atom is -0.381 e. The number of halogens is 1. The van der Waals surface area contributed by atoms with Gasteiger partial charge in [0.25, 0.3) is 0 Å². The summed E-state index contributed by atoms with van der Waals surface area (Å²) in [5, 5.41) is 8.55. The standard InChI is InChI=1S/C15H20ClN3O3/c16-12-3-5-13(6-4-12)19-14(20)9-18-15(21)17-8-11-2-1-7-22-10-11/h3-6,11H,1-2,7-10H2,(H,19,20)(H2,17,18,21). The Labute approximate surface area is 134 Å². The van der Waals surface area contributed by atoms with Crippen molar-refractivity contribution in [3.8, 4) is 0 Å². The minimum absolute atomic E-state index is 0.0877. The molecule has 6 nitrogen and oxygen atoms in total. The molecule has 1 fully saturated rings. The maximum Gasteiger partial charge on any atom is 0.315 e. The third-order valence-corrected chi connectivity index (χ3v) is 3.60. The third-order valence-electron chi connectivity index (χ3n) is 3.34. The van der Waals surface area contributed by atoms with Crippen molar-refractivity contribution in [3.63, 3.8) is 0 Å². The van der Waals surface area contributed by atoms with Gasteiger partial charge in [-0.25, -0.2) is 4.79 Å². The molecule has 0 saturated carbocycles. The molecule has 1 aromatic rings. The molecule has 1 unspecified atom stereocenters. The minimum atomic E-state index is -0.350. The van der Waals surface area contributed by atoms with Crippen LogP contribution in [-0.4, -0.2) is 38.2 Å². The van der Waals surface area contributed by atoms with Crippen molar-refractivity contribution >= 4 is 29.2 Å². The molecule has 0 spiro atoms. The summed E-state index contributed by atoms with van der Waals surface area (Å²) in [6.07, 6.45) is 2.08. The fourth-order valence-electron chi connectivity index (χ4n) is 2.17. The summed E-state index contributed by atoms with van der Waals surface area (Å²) in [5.41, 5.74) is 0.635. The van der Waals surface area contributed by atoms with Gasteiger partial charge in [0.2, 0.25) is 5.91 Å². The zero-order chi connectivity index (χ0) is 15.8. The number of urea groups is 1. The number of ether oxygens (including phenoxy) is 1. The second-order valence-electron chi connectivity index (χ2n) is 5.20. The Morgan fingerprint density at radius 3 is 2.68 bits per heavy atom. The summed E-state index contributed by atoms with van der Waals surface area (Å²) in [6, 6.07) is 6.41. The molecule has 1 atom stereocenters. The van der Waals surface area contributed by atoms with Crippen molar-refractivity contribution in [2.45, 2.75) is 12.8 Å². The molecule has 1 saturated heterocycles. The van der Waals surface area contributed by atoms with Crippen LogP contribution < -0.4 is 16.0 Å². The third kappa shape index (κ3) is 5.91. The van der Waals surface area contributed by atoms with Crippen LogP contribution in [0.4, 0.5) is 10.5 Å². The Morgan fingerprint density at radius 2 is 2.00 bits per heavy atom. The van der Waals surface area contributed by atoms with E-state index in [1.807, 2.05) is 0 Å². The van der Waals surface area contributed by atoms with Gasteiger partial charge in [-0.2, -0.15) is 0 Å². The van der Waals surface area contributed by atoms with E-state index < -0.39 is 0 Å². The monoisotopic (exact) mass is 325 g/mol. The molecule has 3 N–H and O–H groups in total. The van der Waals surface area contributed by atoms with Gasteiger partial charge in [-0.05, 0) is 43.0 Å². The van der Waals surface area contributed by atoms with Crippen LogP contribution in [0.15, 0.2) is 24.3 Å². The molecule has 1 aliphatic rings. The van der Waals surface area contributed by atoms with Gasteiger partial charge in [0.15, 0.2) is 0 Å². The maximum atomic E-state index is 11.7. The predicted octanol–water partition coefficient (Wildman–Crippen LogP) is 2.00. The fraction of sp³-hybridized carbons (Fsp3) is 0.467. The molecule has 1 aliphatic heterocycles. The van der Waals surface area contributed by atoms with Crippen LogP contribution in [0.1, 0.15) is 12.8 Å². The van der Waals surface area contributed by atoms with Gasteiger partial charge in [-0.1, -0.05) is 11.6 Å². The Morgan fingerprint density at radius 1 is 1.23 bits per heavy atom. The summed E-state index contributed by atoms with van der Waals surface area (Å²) < 4.78 is 5.34. The zero-order valence-electron chi connectivity index (χ0n) is 12.2. The number of amides is 3. The topological polar surface area (TPSA) is 79.5 Å². The first kappa shape index (κ1) is 16.6. The molecule has 3 amide bonds. The summed E-state index contributed by atoms with van der Waals surface area (Å²) in [7, 11) is 0. The van der Waals surface area contributed by atoms with Gasteiger partial charge in [-0.3, -0.25) is 4.79 Å². The van der Waals surface area contributed by atoms with Crippen LogP contribution in [0.3, 0.4) is 0 Å². The summed E-state index contributed by atoms with van der Waals surface area (Å²) >= 11 is 5.76. The highest BCUT2D eigenvalue weighted by molar-refractivity contribution is 6.30. The van der Waals surface area contributed by atoms with E-state index in [9.17, 15) is 9.59 Å². The molecule has 1 heterocycles. The molecule has 120 valence electrons. The first-order chi connectivity index (χ1) is 10.6. The van der Waals surface area contributed by atoms with Crippen molar-refractivity contribution in [2.24, 2.45) is 5.92 Å². The van der Waals surface area contributed by atoms with E-state index in [1.165, 1.54) is 0 Å². The van der Waals surface area contributed by atoms with E-state index in [1.54, 1.807) is 24.3 Å². The van der Waals surface area contributed by atoms with Crippen molar-refractivity contribution in [2.75, 3.05) is 31.6 Å². The quantitative estimate of drug-likeness (QED) is 0.774. The van der Waals surface area contributed by atoms with Crippen LogP contribution in [0.2, 0.25) is 5.02 Å². The first-order valence-electron chi connectivity index (χ1n) is 7.28. The molecule has 7 heteroatoms. The van der Waals surface area contributed by atoms with Gasteiger partial charge < -0.3 is 20.7 Å². The smallest absolute Gasteiger partial charge is 0.315 e. The number of hydrogen-bond donors (Lipinski definition) is 3. The average molecular weight is 326 g/mol. The molecule has 0 aromatic heterocycles. The SMILES string of the molecule is O=C(CNC(=O)NCC1CCCOC1)Nc1ccc(Cl)cc1. The molecular formula is C15H20ClN3O3. The Balaban J connectivity index is 1.62. The van der Waals surface area contributed by atoms with Gasteiger partial charge >= 0.3 is 6.03 Å². The highest BCUT2D eigenvalue weighted by atomic mass is 35.5. The largest absolute Gasteiger partial charge is 0.381 e. The zero-order valence-corrected chi connectivity index (χ0v) is 13.0. The Hall–Kier alpha value is -1.79. The summed E-state index contributed by atoms with van der Waals surface area (Å²) in [6.45, 7) is 1.95. The lowest BCUT2D eigenvalue weighted by Crippen LogP contribution is -2.42. The normalized spacial score (nSPS) is 17.6. The van der Waals surface area contributed by atoms with E-state index in [-0.39, 0.29) is 18.5 Å². The van der Waals surface area contributed by atoms with Gasteiger partial charge in [-0.15, -0.1) is 0 Å². The number of hydrogen-bond acceptors (Lipinski definition) is 3. The van der Waals surface area contributed by atoms with E-state index in [4.69, 9.17) is 16.3 Å². The van der Waals surface area contributed by atoms with Crippen molar-refractivity contribution in [1.82, 2.24) is 10.6 Å². The van der Waals surface area contributed by atoms with E-state index in [0.29, 0.717) is 29.8 Å². The van der Waals surface area contributed by atoms with Crippen LogP contribution in [-0.2, 0) is 9.53 Å². The number of anilines is 1. The lowest BCUT2D eigenvalue weighted by molar-refractivity contribution is -0.115. The summed E-state index contributed by atoms with van der Waals surface area (Å²) in [4.78, 5) is 23.3. The van der Waals surface area contributed by atoms with Crippen molar-refractivity contribution in [1.29, 1.82) is 0 Å². The highest BCUT2D eigenvalue weighted by Gasteiger charge is 2.14. The van der Waals surface area contributed by atoms with Crippen LogP contribution >= 0.6 is 11.6 Å². The van der Waals surface area contributed by atoms with Crippen LogP contribution in [0, 0.1) is 5.92 Å². The molecule has 2 rings (SSSR count). The fourth-order valence-corrected chi connectivity index (χ4v) is 2.29. The lowest BCUT2D eigenvalue weighted by atomic mass is 10.0. The predicted molar refractivity (Wildman–Crippen MR) is 85.0 cm³/mol. The molecule has 0 bridgehead atoms. The number of rotatable bonds is 5. The molecular weight excluding hydrogens is 306 g/mol. The van der Waals surface area contributed by atoms with Crippen LogP contribution in [0.25, 0.3) is 0 Å². The Bertz CT molecular complexity index is 501. The number of nitrogens with one attached hydrogen (secondary N) is 3. The maximum absolute atomic E-state index is 11.7. The lowest BCUT2D eigenvalue weighted by Gasteiger charge is -2.22. The van der Waals surface area contributed by atoms with E-state index in [0.717, 1.165) is 19.4 Å². The van der Waals surface area contributed by atoms with Gasteiger partial charge in [0.1, 0.15) is 0 Å². The van der Waals surface area contributed by atoms with E-state index in [2.05, 4.69) is 16.0 Å². The number of benzene rings is 1. The first-order valence-corrected chi connectivity index (χ1v) is 7.66. The van der Waals surface area contributed by atoms with Gasteiger partial charge in [0, 0.05) is 23.9 Å². The van der Waals surface area contributed by atoms with E-state index >= 15 is 0 Å². The molecule has 0 aliphatic carbocycles. The highest BCUT2D eigenvalue weighted by Crippen LogP contribution is 2.13. The Kier molecular flexibility index (Phi) is 6.48.